The Hall–Kier alpha value is -0.700. The molecule has 0 aromatic heterocycles. The lowest BCUT2D eigenvalue weighted by atomic mass is 9.54. The molecule has 19 heavy (non-hydrogen) atoms. The van der Waals surface area contributed by atoms with Crippen molar-refractivity contribution >= 4 is 17.7 Å². The van der Waals surface area contributed by atoms with Crippen molar-refractivity contribution in [3.8, 4) is 0 Å². The Labute approximate surface area is 118 Å². The fraction of sp³-hybridized carbons (Fsp3) is 0.688. The largest absolute Gasteiger partial charge is 0.465 e. The van der Waals surface area contributed by atoms with Crippen LogP contribution in [0.25, 0.3) is 0 Å². The third kappa shape index (κ3) is 1.81. The van der Waals surface area contributed by atoms with Crippen LogP contribution < -0.4 is 0 Å². The monoisotopic (exact) mass is 276 g/mol. The quantitative estimate of drug-likeness (QED) is 0.685. The number of ether oxygens (including phenoxy) is 1. The maximum Gasteiger partial charge on any atom is 0.338 e. The highest BCUT2D eigenvalue weighted by Gasteiger charge is 2.47. The van der Waals surface area contributed by atoms with E-state index in [-0.39, 0.29) is 5.97 Å². The van der Waals surface area contributed by atoms with Gasteiger partial charge in [0.05, 0.1) is 12.7 Å². The van der Waals surface area contributed by atoms with E-state index in [0.717, 1.165) is 35.0 Å². The number of hydrogen-bond acceptors (Lipinski definition) is 3. The maximum absolute atomic E-state index is 11.9. The Morgan fingerprint density at radius 1 is 1.16 bits per heavy atom. The zero-order valence-corrected chi connectivity index (χ0v) is 12.2. The van der Waals surface area contributed by atoms with E-state index in [4.69, 9.17) is 4.74 Å². The van der Waals surface area contributed by atoms with Crippen LogP contribution in [0.15, 0.2) is 22.1 Å². The first-order chi connectivity index (χ1) is 9.26. The minimum absolute atomic E-state index is 0.138. The summed E-state index contributed by atoms with van der Waals surface area (Å²) in [6.07, 6.45) is 9.04. The highest BCUT2D eigenvalue weighted by molar-refractivity contribution is 8.03. The fourth-order valence-electron chi connectivity index (χ4n) is 4.97. The van der Waals surface area contributed by atoms with E-state index in [0.29, 0.717) is 0 Å². The van der Waals surface area contributed by atoms with Gasteiger partial charge in [-0.2, -0.15) is 0 Å². The van der Waals surface area contributed by atoms with Crippen LogP contribution in [0.2, 0.25) is 0 Å². The molecule has 1 heterocycles. The molecule has 0 amide bonds. The predicted octanol–water partition coefficient (Wildman–Crippen LogP) is 3.54. The Morgan fingerprint density at radius 3 is 2.37 bits per heavy atom. The number of carbonyl (C=O) groups is 1. The van der Waals surface area contributed by atoms with Crippen molar-refractivity contribution in [2.24, 2.45) is 23.7 Å². The van der Waals surface area contributed by atoms with Gasteiger partial charge in [-0.3, -0.25) is 0 Å². The van der Waals surface area contributed by atoms with Gasteiger partial charge < -0.3 is 4.74 Å². The summed E-state index contributed by atoms with van der Waals surface area (Å²) in [7, 11) is 1.49. The van der Waals surface area contributed by atoms with Gasteiger partial charge in [0.2, 0.25) is 0 Å². The van der Waals surface area contributed by atoms with Crippen LogP contribution >= 0.6 is 11.8 Å². The van der Waals surface area contributed by atoms with E-state index in [9.17, 15) is 4.79 Å². The van der Waals surface area contributed by atoms with Crippen LogP contribution in [0, 0.1) is 23.7 Å². The summed E-state index contributed by atoms with van der Waals surface area (Å²) in [5.74, 6) is 4.29. The average molecular weight is 276 g/mol. The van der Waals surface area contributed by atoms with Crippen LogP contribution in [-0.4, -0.2) is 18.8 Å². The van der Waals surface area contributed by atoms with Gasteiger partial charge in [0.25, 0.3) is 0 Å². The van der Waals surface area contributed by atoms with Crippen LogP contribution in [-0.2, 0) is 9.53 Å². The van der Waals surface area contributed by atoms with E-state index >= 15 is 0 Å². The van der Waals surface area contributed by atoms with Crippen molar-refractivity contribution in [3.63, 3.8) is 0 Å². The molecule has 5 rings (SSSR count). The maximum atomic E-state index is 11.9. The van der Waals surface area contributed by atoms with Crippen molar-refractivity contribution in [1.29, 1.82) is 0 Å². The summed E-state index contributed by atoms with van der Waals surface area (Å²) in [5.41, 5.74) is 2.49. The summed E-state index contributed by atoms with van der Waals surface area (Å²) in [5, 5.41) is 0. The zero-order chi connectivity index (χ0) is 13.0. The molecule has 0 saturated heterocycles. The number of esters is 1. The molecule has 4 aliphatic carbocycles. The molecule has 0 spiro atoms. The molecule has 0 aromatic rings. The normalized spacial score (nSPS) is 39.7. The Morgan fingerprint density at radius 2 is 1.79 bits per heavy atom. The first-order valence-corrected chi connectivity index (χ1v) is 8.40. The van der Waals surface area contributed by atoms with E-state index < -0.39 is 0 Å². The van der Waals surface area contributed by atoms with Crippen LogP contribution in [0.1, 0.15) is 32.1 Å². The lowest BCUT2D eigenvalue weighted by Crippen LogP contribution is -2.40. The molecule has 4 fully saturated rings. The first-order valence-electron chi connectivity index (χ1n) is 7.42. The van der Waals surface area contributed by atoms with E-state index in [1.807, 2.05) is 11.8 Å². The van der Waals surface area contributed by atoms with Gasteiger partial charge in [-0.1, -0.05) is 6.08 Å². The molecule has 3 heteroatoms. The number of carbonyl (C=O) groups excluding carboxylic acids is 1. The molecule has 4 bridgehead atoms. The van der Waals surface area contributed by atoms with Crippen molar-refractivity contribution in [1.82, 2.24) is 0 Å². The number of thioether (sulfide) groups is 1. The van der Waals surface area contributed by atoms with Gasteiger partial charge >= 0.3 is 5.97 Å². The van der Waals surface area contributed by atoms with Gasteiger partial charge in [-0.05, 0) is 61.3 Å². The van der Waals surface area contributed by atoms with Crippen molar-refractivity contribution in [2.45, 2.75) is 32.1 Å². The second-order valence-electron chi connectivity index (χ2n) is 6.51. The summed E-state index contributed by atoms with van der Waals surface area (Å²) in [6, 6.07) is 0. The lowest BCUT2D eigenvalue weighted by molar-refractivity contribution is -0.135. The summed E-state index contributed by atoms with van der Waals surface area (Å²) in [4.78, 5) is 13.2. The molecule has 5 aliphatic rings. The highest BCUT2D eigenvalue weighted by atomic mass is 32.2. The molecule has 4 saturated carbocycles. The molecule has 2 nitrogen and oxygen atoms in total. The Balaban J connectivity index is 1.73. The van der Waals surface area contributed by atoms with Crippen LogP contribution in [0.4, 0.5) is 0 Å². The van der Waals surface area contributed by atoms with Gasteiger partial charge in [0.15, 0.2) is 0 Å². The average Bonchev–Trinajstić information content (AvgIpc) is 2.85. The second kappa shape index (κ2) is 4.41. The van der Waals surface area contributed by atoms with E-state index in [1.165, 1.54) is 44.1 Å². The zero-order valence-electron chi connectivity index (χ0n) is 11.4. The molecule has 0 unspecified atom stereocenters. The number of hydrogen-bond donors (Lipinski definition) is 0. The minimum Gasteiger partial charge on any atom is -0.465 e. The Kier molecular flexibility index (Phi) is 2.80. The summed E-state index contributed by atoms with van der Waals surface area (Å²) >= 11 is 1.86. The second-order valence-corrected chi connectivity index (χ2v) is 7.54. The number of allylic oxidation sites excluding steroid dienone is 1. The highest BCUT2D eigenvalue weighted by Crippen LogP contribution is 2.59. The van der Waals surface area contributed by atoms with Crippen molar-refractivity contribution in [3.05, 3.63) is 22.1 Å². The third-order valence-corrected chi connectivity index (χ3v) is 6.52. The van der Waals surface area contributed by atoms with Gasteiger partial charge in [0, 0.05) is 10.7 Å². The smallest absolute Gasteiger partial charge is 0.338 e. The van der Waals surface area contributed by atoms with E-state index in [2.05, 4.69) is 6.08 Å². The first kappa shape index (κ1) is 12.1. The molecular formula is C16H20O2S. The third-order valence-electron chi connectivity index (χ3n) is 5.44. The fourth-order valence-corrected chi connectivity index (χ4v) is 6.21. The molecule has 0 N–H and O–H groups in total. The summed E-state index contributed by atoms with van der Waals surface area (Å²) < 4.78 is 4.95. The number of methoxy groups -OCH3 is 1. The lowest BCUT2D eigenvalue weighted by Gasteiger charge is -2.52. The molecule has 1 aliphatic heterocycles. The molecular weight excluding hydrogens is 256 g/mol. The Bertz CT molecular complexity index is 459. The topological polar surface area (TPSA) is 26.3 Å². The van der Waals surface area contributed by atoms with Crippen molar-refractivity contribution in [2.75, 3.05) is 12.9 Å². The predicted molar refractivity (Wildman–Crippen MR) is 76.6 cm³/mol. The molecule has 0 aromatic carbocycles. The standard InChI is InChI=1S/C16H20O2S/c1-18-16(17)13-2-3-19-15(13)14-11-5-9-4-10(7-11)8-12(14)6-9/h2,9-12H,3-8H2,1H3. The van der Waals surface area contributed by atoms with Gasteiger partial charge in [-0.25, -0.2) is 4.79 Å². The van der Waals surface area contributed by atoms with Gasteiger partial charge in [0.1, 0.15) is 0 Å². The van der Waals surface area contributed by atoms with E-state index in [1.54, 1.807) is 5.57 Å². The minimum atomic E-state index is -0.138. The SMILES string of the molecule is COC(=O)C1=CCSC1=C1C2CC3CC(C2)CC1C3. The summed E-state index contributed by atoms with van der Waals surface area (Å²) in [6.45, 7) is 0. The van der Waals surface area contributed by atoms with Crippen LogP contribution in [0.3, 0.4) is 0 Å². The van der Waals surface area contributed by atoms with Gasteiger partial charge in [-0.15, -0.1) is 11.8 Å². The van der Waals surface area contributed by atoms with Crippen LogP contribution in [0.5, 0.6) is 0 Å². The number of rotatable bonds is 1. The van der Waals surface area contributed by atoms with Crippen molar-refractivity contribution < 1.29 is 9.53 Å². The molecule has 0 radical (unpaired) electrons. The molecule has 102 valence electrons. The molecule has 0 atom stereocenters.